The summed E-state index contributed by atoms with van der Waals surface area (Å²) < 4.78 is 27.8. The van der Waals surface area contributed by atoms with E-state index in [1.165, 1.54) is 12.1 Å². The van der Waals surface area contributed by atoms with Crippen molar-refractivity contribution in [1.82, 2.24) is 0 Å². The highest BCUT2D eigenvalue weighted by atomic mass is 79.9. The van der Waals surface area contributed by atoms with E-state index in [2.05, 4.69) is 20.7 Å². The zero-order valence-electron chi connectivity index (χ0n) is 11.6. The van der Waals surface area contributed by atoms with Crippen molar-refractivity contribution in [2.45, 2.75) is 17.7 Å². The predicted molar refractivity (Wildman–Crippen MR) is 88.4 cm³/mol. The molecule has 0 heterocycles. The standard InChI is InChI=1S/C16H14BrNO3S/c17-13-5-9-15(10-6-13)22(20,21)18-14-7-3-12(4-8-14)16(19)11-1-2-11/h3-11,18H,1-2H2. The summed E-state index contributed by atoms with van der Waals surface area (Å²) in [5, 5.41) is 0. The summed E-state index contributed by atoms with van der Waals surface area (Å²) in [4.78, 5) is 12.1. The summed E-state index contributed by atoms with van der Waals surface area (Å²) in [7, 11) is -3.62. The van der Waals surface area contributed by atoms with Gasteiger partial charge in [-0.05, 0) is 61.4 Å². The van der Waals surface area contributed by atoms with Gasteiger partial charge in [0, 0.05) is 21.6 Å². The molecule has 0 amide bonds. The molecule has 0 aromatic heterocycles. The molecule has 0 aliphatic heterocycles. The Labute approximate surface area is 137 Å². The largest absolute Gasteiger partial charge is 0.294 e. The SMILES string of the molecule is O=C(c1ccc(NS(=O)(=O)c2ccc(Br)cc2)cc1)C1CC1. The first kappa shape index (κ1) is 15.2. The lowest BCUT2D eigenvalue weighted by Crippen LogP contribution is -2.13. The van der Waals surface area contributed by atoms with E-state index in [1.54, 1.807) is 36.4 Å². The number of halogens is 1. The zero-order chi connectivity index (χ0) is 15.7. The van der Waals surface area contributed by atoms with E-state index in [4.69, 9.17) is 0 Å². The van der Waals surface area contributed by atoms with Gasteiger partial charge < -0.3 is 0 Å². The Morgan fingerprint density at radius 3 is 2.14 bits per heavy atom. The molecule has 4 nitrogen and oxygen atoms in total. The van der Waals surface area contributed by atoms with Crippen LogP contribution in [0.25, 0.3) is 0 Å². The van der Waals surface area contributed by atoms with E-state index < -0.39 is 10.0 Å². The molecule has 114 valence electrons. The Morgan fingerprint density at radius 1 is 1.00 bits per heavy atom. The fourth-order valence-electron chi connectivity index (χ4n) is 2.11. The molecule has 22 heavy (non-hydrogen) atoms. The molecule has 0 atom stereocenters. The van der Waals surface area contributed by atoms with Crippen molar-refractivity contribution in [3.8, 4) is 0 Å². The third-order valence-corrected chi connectivity index (χ3v) is 5.42. The van der Waals surface area contributed by atoms with E-state index in [1.807, 2.05) is 0 Å². The lowest BCUT2D eigenvalue weighted by atomic mass is 10.1. The van der Waals surface area contributed by atoms with Crippen molar-refractivity contribution in [2.24, 2.45) is 5.92 Å². The van der Waals surface area contributed by atoms with E-state index >= 15 is 0 Å². The molecule has 2 aromatic carbocycles. The van der Waals surface area contributed by atoms with Gasteiger partial charge in [0.2, 0.25) is 0 Å². The van der Waals surface area contributed by atoms with Crippen molar-refractivity contribution in [1.29, 1.82) is 0 Å². The topological polar surface area (TPSA) is 63.2 Å². The molecule has 0 bridgehead atoms. The Morgan fingerprint density at radius 2 is 1.59 bits per heavy atom. The maximum absolute atomic E-state index is 12.3. The minimum atomic E-state index is -3.62. The maximum atomic E-state index is 12.3. The summed E-state index contributed by atoms with van der Waals surface area (Å²) in [6.45, 7) is 0. The number of hydrogen-bond acceptors (Lipinski definition) is 3. The molecule has 6 heteroatoms. The molecule has 0 radical (unpaired) electrons. The summed E-state index contributed by atoms with van der Waals surface area (Å²) in [6, 6.07) is 13.0. The highest BCUT2D eigenvalue weighted by Gasteiger charge is 2.30. The molecule has 2 aromatic rings. The van der Waals surface area contributed by atoms with Crippen LogP contribution in [0.3, 0.4) is 0 Å². The minimum absolute atomic E-state index is 0.141. The molecular weight excluding hydrogens is 366 g/mol. The van der Waals surface area contributed by atoms with Crippen LogP contribution in [0.5, 0.6) is 0 Å². The smallest absolute Gasteiger partial charge is 0.261 e. The molecule has 0 spiro atoms. The van der Waals surface area contributed by atoms with Crippen molar-refractivity contribution in [2.75, 3.05) is 4.72 Å². The molecule has 1 saturated carbocycles. The summed E-state index contributed by atoms with van der Waals surface area (Å²) in [5.41, 5.74) is 1.07. The van der Waals surface area contributed by atoms with Crippen molar-refractivity contribution in [3.63, 3.8) is 0 Å². The number of rotatable bonds is 5. The van der Waals surface area contributed by atoms with Crippen LogP contribution in [0.2, 0.25) is 0 Å². The quantitative estimate of drug-likeness (QED) is 0.802. The number of anilines is 1. The number of benzene rings is 2. The Hall–Kier alpha value is -1.66. The monoisotopic (exact) mass is 379 g/mol. The molecule has 1 fully saturated rings. The Balaban J connectivity index is 1.77. The summed E-state index contributed by atoms with van der Waals surface area (Å²) in [5.74, 6) is 0.299. The number of carbonyl (C=O) groups excluding carboxylic acids is 1. The van der Waals surface area contributed by atoms with Gasteiger partial charge in [0.05, 0.1) is 4.90 Å². The second kappa shape index (κ2) is 5.85. The average Bonchev–Trinajstić information content (AvgIpc) is 3.32. The lowest BCUT2D eigenvalue weighted by Gasteiger charge is -2.09. The number of hydrogen-bond donors (Lipinski definition) is 1. The third-order valence-electron chi connectivity index (χ3n) is 3.49. The second-order valence-corrected chi connectivity index (χ2v) is 7.87. The molecular formula is C16H14BrNO3S. The van der Waals surface area contributed by atoms with Gasteiger partial charge in [0.25, 0.3) is 10.0 Å². The Bertz CT molecular complexity index is 794. The van der Waals surface area contributed by atoms with Crippen molar-refractivity contribution < 1.29 is 13.2 Å². The van der Waals surface area contributed by atoms with Gasteiger partial charge in [-0.1, -0.05) is 15.9 Å². The minimum Gasteiger partial charge on any atom is -0.294 e. The van der Waals surface area contributed by atoms with Gasteiger partial charge in [0.15, 0.2) is 5.78 Å². The van der Waals surface area contributed by atoms with Gasteiger partial charge >= 0.3 is 0 Å². The first-order valence-electron chi connectivity index (χ1n) is 6.88. The number of ketones is 1. The van der Waals surface area contributed by atoms with E-state index in [9.17, 15) is 13.2 Å². The highest BCUT2D eigenvalue weighted by molar-refractivity contribution is 9.10. The summed E-state index contributed by atoms with van der Waals surface area (Å²) in [6.07, 6.45) is 1.91. The van der Waals surface area contributed by atoms with Crippen molar-refractivity contribution >= 4 is 37.4 Å². The first-order chi connectivity index (χ1) is 10.5. The number of carbonyl (C=O) groups is 1. The first-order valence-corrected chi connectivity index (χ1v) is 9.16. The molecule has 0 unspecified atom stereocenters. The van der Waals surface area contributed by atoms with Crippen LogP contribution in [0.15, 0.2) is 57.9 Å². The van der Waals surface area contributed by atoms with Gasteiger partial charge in [-0.25, -0.2) is 8.42 Å². The number of sulfonamides is 1. The molecule has 1 aliphatic carbocycles. The van der Waals surface area contributed by atoms with E-state index in [-0.39, 0.29) is 16.6 Å². The Kier molecular flexibility index (Phi) is 4.06. The van der Waals surface area contributed by atoms with Crippen LogP contribution in [0, 0.1) is 5.92 Å². The molecule has 1 aliphatic rings. The molecule has 3 rings (SSSR count). The third kappa shape index (κ3) is 3.39. The highest BCUT2D eigenvalue weighted by Crippen LogP contribution is 2.32. The molecule has 0 saturated heterocycles. The van der Waals surface area contributed by atoms with Gasteiger partial charge in [-0.3, -0.25) is 9.52 Å². The fraction of sp³-hybridized carbons (Fsp3) is 0.188. The fourth-order valence-corrected chi connectivity index (χ4v) is 3.43. The molecule has 1 N–H and O–H groups in total. The van der Waals surface area contributed by atoms with Crippen molar-refractivity contribution in [3.05, 3.63) is 58.6 Å². The maximum Gasteiger partial charge on any atom is 0.261 e. The van der Waals surface area contributed by atoms with Crippen LogP contribution in [-0.2, 0) is 10.0 Å². The normalized spacial score (nSPS) is 14.6. The zero-order valence-corrected chi connectivity index (χ0v) is 14.0. The van der Waals surface area contributed by atoms with Crippen LogP contribution >= 0.6 is 15.9 Å². The van der Waals surface area contributed by atoms with Gasteiger partial charge in [0.1, 0.15) is 0 Å². The van der Waals surface area contributed by atoms with Gasteiger partial charge in [-0.2, -0.15) is 0 Å². The van der Waals surface area contributed by atoms with E-state index in [0.717, 1.165) is 17.3 Å². The van der Waals surface area contributed by atoms with Crippen LogP contribution in [-0.4, -0.2) is 14.2 Å². The average molecular weight is 380 g/mol. The van der Waals surface area contributed by atoms with Crippen LogP contribution in [0.1, 0.15) is 23.2 Å². The number of Topliss-reactive ketones (excluding diaryl/α,β-unsaturated/α-hetero) is 1. The number of nitrogens with one attached hydrogen (secondary N) is 1. The summed E-state index contributed by atoms with van der Waals surface area (Å²) >= 11 is 3.27. The van der Waals surface area contributed by atoms with Crippen LogP contribution < -0.4 is 4.72 Å². The lowest BCUT2D eigenvalue weighted by molar-refractivity contribution is 0.0967. The predicted octanol–water partition coefficient (Wildman–Crippen LogP) is 3.84. The van der Waals surface area contributed by atoms with Gasteiger partial charge in [-0.15, -0.1) is 0 Å². The van der Waals surface area contributed by atoms with E-state index in [0.29, 0.717) is 11.3 Å². The van der Waals surface area contributed by atoms with Crippen LogP contribution in [0.4, 0.5) is 5.69 Å². The second-order valence-electron chi connectivity index (χ2n) is 5.28.